The third-order valence-electron chi connectivity index (χ3n) is 5.60. The number of halogens is 3. The minimum atomic E-state index is -4.47. The first kappa shape index (κ1) is 22.9. The van der Waals surface area contributed by atoms with Crippen molar-refractivity contribution in [2.45, 2.75) is 19.1 Å². The Morgan fingerprint density at radius 2 is 1.85 bits per heavy atom. The third kappa shape index (κ3) is 5.40. The summed E-state index contributed by atoms with van der Waals surface area (Å²) in [4.78, 5) is 19.2. The quantitative estimate of drug-likeness (QED) is 0.612. The second-order valence-electron chi connectivity index (χ2n) is 7.81. The average Bonchev–Trinajstić information content (AvgIpc) is 3.21. The van der Waals surface area contributed by atoms with Gasteiger partial charge in [-0.05, 0) is 24.6 Å². The highest BCUT2D eigenvalue weighted by molar-refractivity contribution is 5.95. The van der Waals surface area contributed by atoms with Gasteiger partial charge in [0.15, 0.2) is 5.82 Å². The van der Waals surface area contributed by atoms with Crippen LogP contribution < -0.4 is 5.32 Å². The van der Waals surface area contributed by atoms with Crippen molar-refractivity contribution in [3.05, 3.63) is 77.2 Å². The molecule has 1 aliphatic heterocycles. The number of hydrogen-bond donors (Lipinski definition) is 1. The fourth-order valence-electron chi connectivity index (χ4n) is 3.74. The highest BCUT2D eigenvalue weighted by Gasteiger charge is 2.31. The van der Waals surface area contributed by atoms with Crippen molar-refractivity contribution < 1.29 is 22.7 Å². The van der Waals surface area contributed by atoms with Gasteiger partial charge >= 0.3 is 6.18 Å². The van der Waals surface area contributed by atoms with E-state index in [1.807, 2.05) is 30.3 Å². The first-order valence-electron chi connectivity index (χ1n) is 10.6. The van der Waals surface area contributed by atoms with Crippen LogP contribution in [0.5, 0.6) is 0 Å². The lowest BCUT2D eigenvalue weighted by molar-refractivity contribution is -0.137. The molecule has 0 bridgehead atoms. The molecule has 3 aromatic rings. The van der Waals surface area contributed by atoms with Crippen molar-refractivity contribution in [2.24, 2.45) is 0 Å². The monoisotopic (exact) mass is 459 g/mol. The van der Waals surface area contributed by atoms with Crippen LogP contribution in [0.4, 0.5) is 13.2 Å². The van der Waals surface area contributed by atoms with E-state index in [2.05, 4.69) is 20.3 Å². The molecule has 1 N–H and O–H groups in total. The second-order valence-corrected chi connectivity index (χ2v) is 7.81. The molecule has 4 rings (SSSR count). The van der Waals surface area contributed by atoms with Gasteiger partial charge in [0.05, 0.1) is 42.3 Å². The van der Waals surface area contributed by atoms with E-state index in [-0.39, 0.29) is 17.8 Å². The van der Waals surface area contributed by atoms with Crippen molar-refractivity contribution in [3.8, 4) is 5.82 Å². The molecular formula is C23H24F3N5O2. The summed E-state index contributed by atoms with van der Waals surface area (Å²) in [6.45, 7) is 5.20. The van der Waals surface area contributed by atoms with Crippen molar-refractivity contribution >= 4 is 5.91 Å². The molecule has 0 saturated carbocycles. The predicted octanol–water partition coefficient (Wildman–Crippen LogP) is 3.40. The first-order valence-corrected chi connectivity index (χ1v) is 10.6. The summed E-state index contributed by atoms with van der Waals surface area (Å²) in [5.41, 5.74) is 0.951. The average molecular weight is 459 g/mol. The molecule has 1 unspecified atom stereocenters. The molecule has 1 saturated heterocycles. The van der Waals surface area contributed by atoms with Gasteiger partial charge in [-0.2, -0.15) is 18.3 Å². The Labute approximate surface area is 189 Å². The van der Waals surface area contributed by atoms with Gasteiger partial charge in [-0.3, -0.25) is 9.69 Å². The number of nitrogens with zero attached hydrogens (tertiary/aromatic N) is 4. The van der Waals surface area contributed by atoms with E-state index in [1.165, 1.54) is 16.9 Å². The van der Waals surface area contributed by atoms with Gasteiger partial charge in [0.25, 0.3) is 5.91 Å². The number of pyridine rings is 1. The van der Waals surface area contributed by atoms with E-state index in [9.17, 15) is 18.0 Å². The standard InChI is InChI=1S/C23H24F3N5O2/c1-16-19(14-28-31(16)21-8-7-18(13-27-21)23(24,25)26)22(32)29-20(17-5-3-2-4-6-17)15-30-9-11-33-12-10-30/h2-8,13-14,20H,9-12,15H2,1H3,(H,29,32). The molecule has 1 atom stereocenters. The molecule has 1 fully saturated rings. The Hall–Kier alpha value is -3.24. The molecule has 2 aromatic heterocycles. The maximum atomic E-state index is 13.1. The van der Waals surface area contributed by atoms with Gasteiger partial charge in [-0.25, -0.2) is 9.67 Å². The van der Waals surface area contributed by atoms with E-state index >= 15 is 0 Å². The maximum Gasteiger partial charge on any atom is 0.417 e. The zero-order valence-corrected chi connectivity index (χ0v) is 18.0. The number of carbonyl (C=O) groups excluding carboxylic acids is 1. The summed E-state index contributed by atoms with van der Waals surface area (Å²) in [6, 6.07) is 11.6. The molecule has 174 valence electrons. The van der Waals surface area contributed by atoms with Crippen molar-refractivity contribution in [1.29, 1.82) is 0 Å². The van der Waals surface area contributed by atoms with Crippen LogP contribution in [0.1, 0.15) is 33.2 Å². The Bertz CT molecular complexity index is 1080. The first-order chi connectivity index (χ1) is 15.8. The van der Waals surface area contributed by atoms with Crippen LogP contribution in [0.15, 0.2) is 54.9 Å². The molecule has 1 aromatic carbocycles. The minimum Gasteiger partial charge on any atom is -0.379 e. The molecule has 7 nitrogen and oxygen atoms in total. The SMILES string of the molecule is Cc1c(C(=O)NC(CN2CCOCC2)c2ccccc2)cnn1-c1ccc(C(F)(F)F)cn1. The van der Waals surface area contributed by atoms with Crippen molar-refractivity contribution in [1.82, 2.24) is 25.0 Å². The lowest BCUT2D eigenvalue weighted by Crippen LogP contribution is -2.43. The summed E-state index contributed by atoms with van der Waals surface area (Å²) in [5, 5.41) is 7.27. The molecule has 0 radical (unpaired) electrons. The highest BCUT2D eigenvalue weighted by atomic mass is 19.4. The Kier molecular flexibility index (Phi) is 6.75. The number of benzene rings is 1. The van der Waals surface area contributed by atoms with E-state index in [0.29, 0.717) is 31.0 Å². The summed E-state index contributed by atoms with van der Waals surface area (Å²) < 4.78 is 45.2. The smallest absolute Gasteiger partial charge is 0.379 e. The van der Waals surface area contributed by atoms with Gasteiger partial charge in [0.1, 0.15) is 0 Å². The van der Waals surface area contributed by atoms with Gasteiger partial charge in [-0.1, -0.05) is 30.3 Å². The molecule has 0 aliphatic carbocycles. The number of nitrogens with one attached hydrogen (secondary N) is 1. The van der Waals surface area contributed by atoms with Crippen LogP contribution in [0.3, 0.4) is 0 Å². The van der Waals surface area contributed by atoms with Crippen LogP contribution >= 0.6 is 0 Å². The Balaban J connectivity index is 1.53. The Morgan fingerprint density at radius 1 is 1.12 bits per heavy atom. The second kappa shape index (κ2) is 9.72. The van der Waals surface area contributed by atoms with Gasteiger partial charge < -0.3 is 10.1 Å². The maximum absolute atomic E-state index is 13.1. The predicted molar refractivity (Wildman–Crippen MR) is 115 cm³/mol. The van der Waals surface area contributed by atoms with Gasteiger partial charge in [-0.15, -0.1) is 0 Å². The number of alkyl halides is 3. The van der Waals surface area contributed by atoms with Gasteiger partial charge in [0.2, 0.25) is 0 Å². The number of ether oxygens (including phenoxy) is 1. The largest absolute Gasteiger partial charge is 0.417 e. The van der Waals surface area contributed by atoms with Crippen LogP contribution in [0.2, 0.25) is 0 Å². The van der Waals surface area contributed by atoms with Crippen molar-refractivity contribution in [3.63, 3.8) is 0 Å². The highest BCUT2D eigenvalue weighted by Crippen LogP contribution is 2.29. The normalized spacial score (nSPS) is 15.9. The number of aromatic nitrogens is 3. The fourth-order valence-corrected chi connectivity index (χ4v) is 3.74. The molecule has 10 heteroatoms. The summed E-state index contributed by atoms with van der Waals surface area (Å²) in [7, 11) is 0. The zero-order valence-electron chi connectivity index (χ0n) is 18.0. The van der Waals surface area contributed by atoms with E-state index in [4.69, 9.17) is 4.74 Å². The number of carbonyl (C=O) groups is 1. The molecule has 1 aliphatic rings. The Morgan fingerprint density at radius 3 is 2.48 bits per heavy atom. The lowest BCUT2D eigenvalue weighted by Gasteiger charge is -2.31. The fraction of sp³-hybridized carbons (Fsp3) is 0.348. The topological polar surface area (TPSA) is 72.3 Å². The summed E-state index contributed by atoms with van der Waals surface area (Å²) >= 11 is 0. The number of hydrogen-bond acceptors (Lipinski definition) is 5. The number of morpholine rings is 1. The van der Waals surface area contributed by atoms with E-state index in [1.54, 1.807) is 6.92 Å². The summed E-state index contributed by atoms with van der Waals surface area (Å²) in [5.74, 6) is -0.111. The minimum absolute atomic E-state index is 0.201. The summed E-state index contributed by atoms with van der Waals surface area (Å²) in [6.07, 6.45) is -2.31. The van der Waals surface area contributed by atoms with Crippen LogP contribution in [-0.2, 0) is 10.9 Å². The third-order valence-corrected chi connectivity index (χ3v) is 5.60. The van der Waals surface area contributed by atoms with Crippen LogP contribution in [-0.4, -0.2) is 58.4 Å². The molecule has 3 heterocycles. The van der Waals surface area contributed by atoms with Crippen molar-refractivity contribution in [2.75, 3.05) is 32.8 Å². The zero-order chi connectivity index (χ0) is 23.4. The number of rotatable bonds is 6. The molecule has 0 spiro atoms. The lowest BCUT2D eigenvalue weighted by atomic mass is 10.1. The molecule has 1 amide bonds. The molecule has 33 heavy (non-hydrogen) atoms. The van der Waals surface area contributed by atoms with Crippen LogP contribution in [0, 0.1) is 6.92 Å². The molecular weight excluding hydrogens is 435 g/mol. The van der Waals surface area contributed by atoms with Gasteiger partial charge in [0, 0.05) is 25.8 Å². The van der Waals surface area contributed by atoms with E-state index < -0.39 is 11.7 Å². The van der Waals surface area contributed by atoms with Crippen LogP contribution in [0.25, 0.3) is 5.82 Å². The number of amides is 1. The van der Waals surface area contributed by atoms with E-state index in [0.717, 1.165) is 30.9 Å².